The largest absolute Gasteiger partial charge is 0.390 e. The monoisotopic (exact) mass is 168 g/mol. The molecule has 70 valence electrons. The summed E-state index contributed by atoms with van der Waals surface area (Å²) in [5.74, 6) is 0. The van der Waals surface area contributed by atoms with Gasteiger partial charge in [0.1, 0.15) is 0 Å². The van der Waals surface area contributed by atoms with Gasteiger partial charge in [-0.05, 0) is 47.0 Å². The summed E-state index contributed by atoms with van der Waals surface area (Å²) in [5.41, 5.74) is 1.05. The van der Waals surface area contributed by atoms with Crippen LogP contribution in [0.5, 0.6) is 0 Å². The van der Waals surface area contributed by atoms with Crippen LogP contribution >= 0.6 is 0 Å². The summed E-state index contributed by atoms with van der Waals surface area (Å²) in [4.78, 5) is 0. The van der Waals surface area contributed by atoms with Crippen molar-refractivity contribution < 1.29 is 5.11 Å². The van der Waals surface area contributed by atoms with Crippen LogP contribution in [0.15, 0.2) is 11.6 Å². The van der Waals surface area contributed by atoms with Crippen molar-refractivity contribution in [2.45, 2.75) is 52.6 Å². The highest BCUT2D eigenvalue weighted by Crippen LogP contribution is 2.56. The van der Waals surface area contributed by atoms with Crippen molar-refractivity contribution in [1.82, 2.24) is 0 Å². The zero-order valence-corrected chi connectivity index (χ0v) is 8.65. The van der Waals surface area contributed by atoms with Crippen molar-refractivity contribution in [3.8, 4) is 0 Å². The zero-order valence-electron chi connectivity index (χ0n) is 8.65. The Labute approximate surface area is 75.5 Å². The fourth-order valence-corrected chi connectivity index (χ4v) is 1.62. The number of hydrogen-bond donors (Lipinski definition) is 1. The molecule has 1 aliphatic rings. The van der Waals surface area contributed by atoms with E-state index in [9.17, 15) is 5.11 Å². The molecule has 0 aromatic heterocycles. The lowest BCUT2D eigenvalue weighted by Gasteiger charge is -2.28. The molecule has 1 saturated carbocycles. The Bertz CT molecular complexity index is 188. The van der Waals surface area contributed by atoms with Crippen LogP contribution in [0, 0.1) is 5.41 Å². The van der Waals surface area contributed by atoms with E-state index in [1.54, 1.807) is 0 Å². The Balaban J connectivity index is 2.57. The third-order valence-corrected chi connectivity index (χ3v) is 3.05. The normalized spacial score (nSPS) is 20.4. The minimum absolute atomic E-state index is 0.199. The maximum absolute atomic E-state index is 9.89. The molecular weight excluding hydrogens is 148 g/mol. The van der Waals surface area contributed by atoms with Crippen LogP contribution in [-0.4, -0.2) is 10.7 Å². The van der Waals surface area contributed by atoms with E-state index < -0.39 is 5.60 Å². The first-order valence-electron chi connectivity index (χ1n) is 4.73. The third-order valence-electron chi connectivity index (χ3n) is 3.05. The molecule has 0 amide bonds. The third kappa shape index (κ3) is 1.89. The molecule has 0 bridgehead atoms. The summed E-state index contributed by atoms with van der Waals surface area (Å²) in [6, 6.07) is 0. The highest BCUT2D eigenvalue weighted by atomic mass is 16.3. The van der Waals surface area contributed by atoms with Crippen LogP contribution in [0.3, 0.4) is 0 Å². The summed E-state index contributed by atoms with van der Waals surface area (Å²) in [5, 5.41) is 9.89. The number of rotatable bonds is 3. The van der Waals surface area contributed by atoms with Gasteiger partial charge in [0, 0.05) is 5.41 Å². The molecule has 1 nitrogen and oxygen atoms in total. The zero-order chi connectivity index (χ0) is 9.41. The van der Waals surface area contributed by atoms with Gasteiger partial charge in [-0.15, -0.1) is 0 Å². The minimum atomic E-state index is -0.501. The molecule has 0 atom stereocenters. The van der Waals surface area contributed by atoms with E-state index >= 15 is 0 Å². The fourth-order valence-electron chi connectivity index (χ4n) is 1.62. The highest BCUT2D eigenvalue weighted by Gasteiger charge is 2.52. The van der Waals surface area contributed by atoms with Crippen molar-refractivity contribution in [1.29, 1.82) is 0 Å². The van der Waals surface area contributed by atoms with Gasteiger partial charge >= 0.3 is 0 Å². The van der Waals surface area contributed by atoms with Crippen molar-refractivity contribution in [3.05, 3.63) is 11.6 Å². The van der Waals surface area contributed by atoms with E-state index in [1.165, 1.54) is 18.4 Å². The maximum atomic E-state index is 9.89. The summed E-state index contributed by atoms with van der Waals surface area (Å²) in [6.45, 7) is 8.08. The molecule has 12 heavy (non-hydrogen) atoms. The maximum Gasteiger partial charge on any atom is 0.0650 e. The first-order chi connectivity index (χ1) is 5.37. The van der Waals surface area contributed by atoms with Gasteiger partial charge in [0.05, 0.1) is 5.60 Å². The Kier molecular flexibility index (Phi) is 2.35. The van der Waals surface area contributed by atoms with Crippen molar-refractivity contribution >= 4 is 0 Å². The molecule has 0 aromatic carbocycles. The summed E-state index contributed by atoms with van der Waals surface area (Å²) in [7, 11) is 0. The number of allylic oxidation sites excluding steroid dienone is 2. The Morgan fingerprint density at radius 1 is 1.42 bits per heavy atom. The van der Waals surface area contributed by atoms with Gasteiger partial charge in [-0.3, -0.25) is 0 Å². The van der Waals surface area contributed by atoms with Crippen molar-refractivity contribution in [3.63, 3.8) is 0 Å². The molecule has 1 N–H and O–H groups in total. The van der Waals surface area contributed by atoms with Gasteiger partial charge < -0.3 is 5.11 Å². The smallest absolute Gasteiger partial charge is 0.0650 e. The van der Waals surface area contributed by atoms with Crippen LogP contribution in [0.1, 0.15) is 47.0 Å². The van der Waals surface area contributed by atoms with Crippen LogP contribution < -0.4 is 0 Å². The molecule has 0 spiro atoms. The molecule has 0 unspecified atom stereocenters. The molecule has 0 radical (unpaired) electrons. The second-order valence-electron chi connectivity index (χ2n) is 4.82. The average molecular weight is 168 g/mol. The van der Waals surface area contributed by atoms with E-state index in [4.69, 9.17) is 0 Å². The molecule has 0 aromatic rings. The molecule has 0 heterocycles. The minimum Gasteiger partial charge on any atom is -0.390 e. The van der Waals surface area contributed by atoms with Gasteiger partial charge in [0.25, 0.3) is 0 Å². The first kappa shape index (κ1) is 9.79. The van der Waals surface area contributed by atoms with Crippen LogP contribution in [0.25, 0.3) is 0 Å². The Morgan fingerprint density at radius 2 is 1.92 bits per heavy atom. The van der Waals surface area contributed by atoms with Gasteiger partial charge in [-0.2, -0.15) is 0 Å². The molecule has 1 fully saturated rings. The van der Waals surface area contributed by atoms with Gasteiger partial charge in [0.15, 0.2) is 0 Å². The van der Waals surface area contributed by atoms with E-state index in [0.717, 1.165) is 6.42 Å². The molecule has 1 aliphatic carbocycles. The van der Waals surface area contributed by atoms with Gasteiger partial charge in [-0.25, -0.2) is 0 Å². The summed E-state index contributed by atoms with van der Waals surface area (Å²) < 4.78 is 0. The SMILES string of the molecule is CC(C)=CCC1(C(C)(C)O)CC1. The first-order valence-corrected chi connectivity index (χ1v) is 4.73. The van der Waals surface area contributed by atoms with E-state index in [1.807, 2.05) is 13.8 Å². The molecule has 1 heteroatoms. The topological polar surface area (TPSA) is 20.2 Å². The van der Waals surface area contributed by atoms with E-state index in [2.05, 4.69) is 19.9 Å². The molecule has 1 rings (SSSR count). The second-order valence-corrected chi connectivity index (χ2v) is 4.82. The number of hydrogen-bond acceptors (Lipinski definition) is 1. The standard InChI is InChI=1S/C11H20O/c1-9(2)5-6-11(7-8-11)10(3,4)12/h5,12H,6-8H2,1-4H3. The average Bonchev–Trinajstić information content (AvgIpc) is 2.60. The molecule has 0 aliphatic heterocycles. The van der Waals surface area contributed by atoms with Crippen molar-refractivity contribution in [2.24, 2.45) is 5.41 Å². The lowest BCUT2D eigenvalue weighted by Crippen LogP contribution is -2.32. The van der Waals surface area contributed by atoms with Crippen LogP contribution in [0.4, 0.5) is 0 Å². The van der Waals surface area contributed by atoms with E-state index in [0.29, 0.717) is 0 Å². The van der Waals surface area contributed by atoms with Gasteiger partial charge in [0.2, 0.25) is 0 Å². The van der Waals surface area contributed by atoms with Gasteiger partial charge in [-0.1, -0.05) is 11.6 Å². The Morgan fingerprint density at radius 3 is 2.17 bits per heavy atom. The predicted octanol–water partition coefficient (Wildman–Crippen LogP) is 2.89. The van der Waals surface area contributed by atoms with Crippen molar-refractivity contribution in [2.75, 3.05) is 0 Å². The summed E-state index contributed by atoms with van der Waals surface area (Å²) in [6.07, 6.45) is 5.64. The molecule has 0 saturated heterocycles. The number of aliphatic hydroxyl groups is 1. The van der Waals surface area contributed by atoms with E-state index in [-0.39, 0.29) is 5.41 Å². The van der Waals surface area contributed by atoms with Crippen LogP contribution in [0.2, 0.25) is 0 Å². The quantitative estimate of drug-likeness (QED) is 0.642. The highest BCUT2D eigenvalue weighted by molar-refractivity contribution is 5.09. The molecular formula is C11H20O. The lowest BCUT2D eigenvalue weighted by atomic mass is 9.84. The summed E-state index contributed by atoms with van der Waals surface area (Å²) >= 11 is 0. The fraction of sp³-hybridized carbons (Fsp3) is 0.818. The lowest BCUT2D eigenvalue weighted by molar-refractivity contribution is 0.00344. The predicted molar refractivity (Wildman–Crippen MR) is 52.0 cm³/mol. The van der Waals surface area contributed by atoms with Crippen LogP contribution in [-0.2, 0) is 0 Å². The Hall–Kier alpha value is -0.300. The second kappa shape index (κ2) is 2.88.